The number of nitrogens with one attached hydrogen (secondary N) is 1. The van der Waals surface area contributed by atoms with Gasteiger partial charge in [-0.15, -0.1) is 0 Å². The highest BCUT2D eigenvalue weighted by molar-refractivity contribution is 9.11. The lowest BCUT2D eigenvalue weighted by Gasteiger charge is -2.11. The van der Waals surface area contributed by atoms with Crippen molar-refractivity contribution in [3.63, 3.8) is 0 Å². The summed E-state index contributed by atoms with van der Waals surface area (Å²) in [5, 5.41) is 3.19. The Morgan fingerprint density at radius 3 is 2.52 bits per heavy atom. The quantitative estimate of drug-likeness (QED) is 0.744. The molecule has 0 unspecified atom stereocenters. The molecule has 1 aromatic carbocycles. The fraction of sp³-hybridized carbons (Fsp3) is 0.286. The van der Waals surface area contributed by atoms with Crippen molar-refractivity contribution in [2.24, 2.45) is 0 Å². The highest BCUT2D eigenvalue weighted by Gasteiger charge is 2.10. The van der Waals surface area contributed by atoms with Crippen LogP contribution in [0.3, 0.4) is 0 Å². The van der Waals surface area contributed by atoms with Crippen LogP contribution in [0, 0.1) is 0 Å². The predicted molar refractivity (Wildman–Crippen MR) is 89.3 cm³/mol. The number of hydrogen-bond acceptors (Lipinski definition) is 5. The summed E-state index contributed by atoms with van der Waals surface area (Å²) in [4.78, 5) is 8.26. The van der Waals surface area contributed by atoms with Crippen LogP contribution in [-0.2, 0) is 0 Å². The lowest BCUT2D eigenvalue weighted by atomic mass is 10.3. The van der Waals surface area contributed by atoms with Gasteiger partial charge >= 0.3 is 0 Å². The van der Waals surface area contributed by atoms with Crippen LogP contribution in [0.15, 0.2) is 33.5 Å². The Labute approximate surface area is 140 Å². The van der Waals surface area contributed by atoms with E-state index in [2.05, 4.69) is 54.1 Å². The van der Waals surface area contributed by atoms with Crippen LogP contribution in [0.1, 0.15) is 13.3 Å². The van der Waals surface area contributed by atoms with Gasteiger partial charge < -0.3 is 14.8 Å². The maximum Gasteiger partial charge on any atom is 0.224 e. The van der Waals surface area contributed by atoms with E-state index in [1.165, 1.54) is 6.33 Å². The first kappa shape index (κ1) is 16.0. The monoisotopic (exact) mass is 415 g/mol. The molecule has 0 spiro atoms. The zero-order valence-corrected chi connectivity index (χ0v) is 14.9. The number of nitrogens with zero attached hydrogens (tertiary/aromatic N) is 2. The molecule has 112 valence electrons. The number of hydrogen-bond donors (Lipinski definition) is 1. The first-order valence-corrected chi connectivity index (χ1v) is 7.99. The molecule has 0 aliphatic carbocycles. The van der Waals surface area contributed by atoms with Crippen LogP contribution in [0.2, 0.25) is 0 Å². The van der Waals surface area contributed by atoms with E-state index in [9.17, 15) is 0 Å². The summed E-state index contributed by atoms with van der Waals surface area (Å²) in [6, 6.07) is 5.42. The zero-order chi connectivity index (χ0) is 15.2. The molecule has 0 aliphatic rings. The third-order valence-electron chi connectivity index (χ3n) is 2.62. The molecular formula is C14H15Br2N3O2. The molecule has 5 nitrogen and oxygen atoms in total. The van der Waals surface area contributed by atoms with E-state index in [1.807, 2.05) is 12.1 Å². The second-order valence-electron chi connectivity index (χ2n) is 4.19. The van der Waals surface area contributed by atoms with Gasteiger partial charge in [0.25, 0.3) is 0 Å². The summed E-state index contributed by atoms with van der Waals surface area (Å²) in [6.45, 7) is 2.95. The van der Waals surface area contributed by atoms with Crippen molar-refractivity contribution < 1.29 is 9.47 Å². The summed E-state index contributed by atoms with van der Waals surface area (Å²) < 4.78 is 12.6. The van der Waals surface area contributed by atoms with E-state index in [-0.39, 0.29) is 0 Å². The third kappa shape index (κ3) is 4.31. The van der Waals surface area contributed by atoms with E-state index in [4.69, 9.17) is 9.47 Å². The smallest absolute Gasteiger partial charge is 0.224 e. The van der Waals surface area contributed by atoms with Gasteiger partial charge in [-0.1, -0.05) is 6.92 Å². The Morgan fingerprint density at radius 1 is 1.10 bits per heavy atom. The van der Waals surface area contributed by atoms with E-state index in [0.717, 1.165) is 33.5 Å². The maximum atomic E-state index is 5.79. The van der Waals surface area contributed by atoms with E-state index in [1.54, 1.807) is 13.2 Å². The second-order valence-corrected chi connectivity index (χ2v) is 5.90. The minimum Gasteiger partial charge on any atom is -0.496 e. The second kappa shape index (κ2) is 7.61. The molecule has 2 aromatic rings. The fourth-order valence-electron chi connectivity index (χ4n) is 1.60. The van der Waals surface area contributed by atoms with Crippen molar-refractivity contribution in [3.05, 3.63) is 33.5 Å². The Balaban J connectivity index is 2.20. The van der Waals surface area contributed by atoms with Crippen LogP contribution in [0.25, 0.3) is 0 Å². The van der Waals surface area contributed by atoms with Gasteiger partial charge in [0.05, 0.1) is 16.1 Å². The lowest BCUT2D eigenvalue weighted by Crippen LogP contribution is -2.02. The number of methoxy groups -OCH3 is 1. The molecule has 1 aromatic heterocycles. The Kier molecular flexibility index (Phi) is 5.81. The lowest BCUT2D eigenvalue weighted by molar-refractivity contribution is 0.408. The molecule has 0 radical (unpaired) electrons. The predicted octanol–water partition coefficient (Wildman–Crippen LogP) is 4.62. The molecule has 0 amide bonds. The highest BCUT2D eigenvalue weighted by Crippen LogP contribution is 2.37. The largest absolute Gasteiger partial charge is 0.496 e. The van der Waals surface area contributed by atoms with Crippen LogP contribution in [0.5, 0.6) is 17.4 Å². The van der Waals surface area contributed by atoms with Crippen molar-refractivity contribution in [3.8, 4) is 17.4 Å². The van der Waals surface area contributed by atoms with E-state index in [0.29, 0.717) is 11.6 Å². The minimum absolute atomic E-state index is 0.473. The maximum absolute atomic E-state index is 5.79. The Morgan fingerprint density at radius 2 is 1.81 bits per heavy atom. The standard InChI is InChI=1S/C14H15Br2N3O2/c1-3-4-17-13-7-14(19-8-18-13)21-12-6-9(15)11(20-2)5-10(12)16/h5-8H,3-4H2,1-2H3,(H,17,18,19). The molecule has 0 fully saturated rings. The van der Waals surface area contributed by atoms with Crippen LogP contribution in [0.4, 0.5) is 5.82 Å². The number of halogens is 2. The van der Waals surface area contributed by atoms with Gasteiger partial charge in [-0.3, -0.25) is 0 Å². The van der Waals surface area contributed by atoms with Crippen molar-refractivity contribution >= 4 is 37.7 Å². The molecule has 0 saturated heterocycles. The molecule has 0 bridgehead atoms. The van der Waals surface area contributed by atoms with Crippen molar-refractivity contribution in [2.45, 2.75) is 13.3 Å². The molecule has 21 heavy (non-hydrogen) atoms. The summed E-state index contributed by atoms with van der Waals surface area (Å²) in [6.07, 6.45) is 2.50. The highest BCUT2D eigenvalue weighted by atomic mass is 79.9. The zero-order valence-electron chi connectivity index (χ0n) is 11.7. The molecule has 1 N–H and O–H groups in total. The van der Waals surface area contributed by atoms with Gasteiger partial charge in [0.2, 0.25) is 5.88 Å². The molecule has 1 heterocycles. The van der Waals surface area contributed by atoms with Crippen molar-refractivity contribution in [1.29, 1.82) is 0 Å². The molecule has 2 rings (SSSR count). The normalized spacial score (nSPS) is 10.3. The summed E-state index contributed by atoms with van der Waals surface area (Å²) in [5.74, 6) is 2.58. The SMILES string of the molecule is CCCNc1cc(Oc2cc(Br)c(OC)cc2Br)ncn1. The van der Waals surface area contributed by atoms with Gasteiger partial charge in [0.15, 0.2) is 0 Å². The molecular weight excluding hydrogens is 402 g/mol. The number of anilines is 1. The first-order valence-electron chi connectivity index (χ1n) is 6.40. The number of benzene rings is 1. The van der Waals surface area contributed by atoms with Crippen LogP contribution in [-0.4, -0.2) is 23.6 Å². The number of rotatable bonds is 6. The van der Waals surface area contributed by atoms with E-state index < -0.39 is 0 Å². The van der Waals surface area contributed by atoms with Gasteiger partial charge in [0.1, 0.15) is 23.6 Å². The fourth-order valence-corrected chi connectivity index (χ4v) is 2.49. The Bertz CT molecular complexity index is 623. The topological polar surface area (TPSA) is 56.3 Å². The average molecular weight is 417 g/mol. The average Bonchev–Trinajstić information content (AvgIpc) is 2.49. The van der Waals surface area contributed by atoms with Crippen LogP contribution < -0.4 is 14.8 Å². The number of ether oxygens (including phenoxy) is 2. The molecule has 7 heteroatoms. The Hall–Kier alpha value is -1.34. The summed E-state index contributed by atoms with van der Waals surface area (Å²) in [5.41, 5.74) is 0. The van der Waals surface area contributed by atoms with Gasteiger partial charge in [-0.05, 0) is 50.4 Å². The summed E-state index contributed by atoms with van der Waals surface area (Å²) >= 11 is 6.89. The molecule has 0 atom stereocenters. The van der Waals surface area contributed by atoms with Gasteiger partial charge in [-0.2, -0.15) is 0 Å². The number of aromatic nitrogens is 2. The molecule has 0 aliphatic heterocycles. The van der Waals surface area contributed by atoms with Gasteiger partial charge in [-0.25, -0.2) is 9.97 Å². The summed E-state index contributed by atoms with van der Waals surface area (Å²) in [7, 11) is 1.61. The van der Waals surface area contributed by atoms with Crippen molar-refractivity contribution in [1.82, 2.24) is 9.97 Å². The van der Waals surface area contributed by atoms with Crippen molar-refractivity contribution in [2.75, 3.05) is 19.0 Å². The molecule has 0 saturated carbocycles. The third-order valence-corrected chi connectivity index (χ3v) is 3.86. The van der Waals surface area contributed by atoms with Gasteiger partial charge in [0, 0.05) is 12.6 Å². The minimum atomic E-state index is 0.473. The first-order chi connectivity index (χ1) is 10.1. The van der Waals surface area contributed by atoms with Crippen LogP contribution >= 0.6 is 31.9 Å². The van der Waals surface area contributed by atoms with E-state index >= 15 is 0 Å².